The van der Waals surface area contributed by atoms with Crippen molar-refractivity contribution in [3.8, 4) is 0 Å². The van der Waals surface area contributed by atoms with E-state index in [0.29, 0.717) is 12.1 Å². The number of nitrogens with zero attached hydrogens (tertiary/aromatic N) is 2. The van der Waals surface area contributed by atoms with Crippen molar-refractivity contribution in [2.75, 3.05) is 33.3 Å². The molecule has 1 saturated carbocycles. The molecule has 1 spiro atoms. The van der Waals surface area contributed by atoms with Crippen molar-refractivity contribution < 1.29 is 14.6 Å². The van der Waals surface area contributed by atoms with Crippen molar-refractivity contribution in [2.24, 2.45) is 5.41 Å². The minimum atomic E-state index is -0.0992. The lowest BCUT2D eigenvalue weighted by Crippen LogP contribution is -2.44. The van der Waals surface area contributed by atoms with Crippen LogP contribution in [0.5, 0.6) is 0 Å². The first-order chi connectivity index (χ1) is 14.5. The molecule has 3 fully saturated rings. The Bertz CT molecular complexity index is 721. The van der Waals surface area contributed by atoms with Crippen molar-refractivity contribution in [3.05, 3.63) is 35.4 Å². The maximum Gasteiger partial charge on any atom is 0.254 e. The molecule has 166 valence electrons. The molecule has 3 aliphatic rings. The molecule has 1 aliphatic carbocycles. The van der Waals surface area contributed by atoms with Gasteiger partial charge in [-0.1, -0.05) is 25.1 Å². The van der Waals surface area contributed by atoms with Crippen LogP contribution < -0.4 is 0 Å². The number of aliphatic hydroxyl groups is 1. The summed E-state index contributed by atoms with van der Waals surface area (Å²) >= 11 is 0. The Hall–Kier alpha value is -1.43. The number of likely N-dealkylation sites (tertiary alicyclic amines) is 1. The van der Waals surface area contributed by atoms with Gasteiger partial charge in [-0.3, -0.25) is 4.79 Å². The summed E-state index contributed by atoms with van der Waals surface area (Å²) in [6.07, 6.45) is 8.32. The Balaban J connectivity index is 1.28. The summed E-state index contributed by atoms with van der Waals surface area (Å²) in [6.45, 7) is 5.60. The number of hydrogen-bond donors (Lipinski definition) is 1. The maximum atomic E-state index is 13.1. The molecule has 0 unspecified atom stereocenters. The van der Waals surface area contributed by atoms with Crippen LogP contribution in [0.25, 0.3) is 0 Å². The molecule has 30 heavy (non-hydrogen) atoms. The average Bonchev–Trinajstić information content (AvgIpc) is 3.16. The lowest BCUT2D eigenvalue weighted by Gasteiger charge is -2.39. The zero-order valence-corrected chi connectivity index (χ0v) is 18.7. The molecule has 2 heterocycles. The van der Waals surface area contributed by atoms with E-state index in [1.54, 1.807) is 0 Å². The first-order valence-corrected chi connectivity index (χ1v) is 11.9. The van der Waals surface area contributed by atoms with Gasteiger partial charge in [-0.05, 0) is 75.5 Å². The number of hydrogen-bond acceptors (Lipinski definition) is 4. The Morgan fingerprint density at radius 1 is 1.20 bits per heavy atom. The van der Waals surface area contributed by atoms with Crippen LogP contribution in [-0.2, 0) is 11.2 Å². The molecule has 5 nitrogen and oxygen atoms in total. The molecular weight excluding hydrogens is 376 g/mol. The first kappa shape index (κ1) is 21.8. The molecule has 5 heteroatoms. The van der Waals surface area contributed by atoms with Crippen LogP contribution in [-0.4, -0.2) is 72.4 Å². The molecule has 1 amide bonds. The van der Waals surface area contributed by atoms with Gasteiger partial charge < -0.3 is 19.6 Å². The van der Waals surface area contributed by atoms with Gasteiger partial charge in [0.2, 0.25) is 0 Å². The molecule has 1 aromatic carbocycles. The van der Waals surface area contributed by atoms with E-state index >= 15 is 0 Å². The van der Waals surface area contributed by atoms with Crippen LogP contribution in [0.4, 0.5) is 0 Å². The van der Waals surface area contributed by atoms with E-state index < -0.39 is 0 Å². The molecule has 1 aromatic rings. The van der Waals surface area contributed by atoms with Crippen molar-refractivity contribution in [2.45, 2.75) is 76.5 Å². The molecule has 4 rings (SSSR count). The highest BCUT2D eigenvalue weighted by Crippen LogP contribution is 2.42. The van der Waals surface area contributed by atoms with Crippen molar-refractivity contribution in [1.82, 2.24) is 9.80 Å². The van der Waals surface area contributed by atoms with Crippen molar-refractivity contribution in [1.29, 1.82) is 0 Å². The van der Waals surface area contributed by atoms with Crippen LogP contribution in [0.1, 0.15) is 67.8 Å². The number of amides is 1. The molecular formula is C25H38N2O3. The van der Waals surface area contributed by atoms with E-state index in [1.807, 2.05) is 23.1 Å². The van der Waals surface area contributed by atoms with E-state index in [2.05, 4.69) is 24.9 Å². The number of ether oxygens (including phenoxy) is 1. The van der Waals surface area contributed by atoms with Gasteiger partial charge in [-0.25, -0.2) is 0 Å². The molecule has 0 radical (unpaired) electrons. The minimum absolute atomic E-state index is 0.0992. The van der Waals surface area contributed by atoms with Crippen LogP contribution in [0.15, 0.2) is 24.3 Å². The Kier molecular flexibility index (Phi) is 6.81. The Labute approximate surface area is 181 Å². The summed E-state index contributed by atoms with van der Waals surface area (Å²) in [6, 6.07) is 8.60. The van der Waals surface area contributed by atoms with E-state index in [9.17, 15) is 9.90 Å². The highest BCUT2D eigenvalue weighted by atomic mass is 16.5. The molecule has 2 saturated heterocycles. The van der Waals surface area contributed by atoms with Gasteiger partial charge >= 0.3 is 0 Å². The molecule has 0 bridgehead atoms. The fourth-order valence-corrected chi connectivity index (χ4v) is 5.72. The largest absolute Gasteiger partial charge is 0.393 e. The summed E-state index contributed by atoms with van der Waals surface area (Å²) in [5, 5.41) is 9.75. The van der Waals surface area contributed by atoms with Crippen LogP contribution >= 0.6 is 0 Å². The monoisotopic (exact) mass is 414 g/mol. The quantitative estimate of drug-likeness (QED) is 0.801. The number of piperidine rings is 1. The Morgan fingerprint density at radius 2 is 1.90 bits per heavy atom. The maximum absolute atomic E-state index is 13.1. The summed E-state index contributed by atoms with van der Waals surface area (Å²) in [5.74, 6) is 0.192. The highest BCUT2D eigenvalue weighted by molar-refractivity contribution is 5.95. The fourth-order valence-electron chi connectivity index (χ4n) is 5.72. The number of carbonyl (C=O) groups is 1. The lowest BCUT2D eigenvalue weighted by atomic mass is 9.76. The number of aliphatic hydroxyl groups excluding tert-OH is 1. The predicted molar refractivity (Wildman–Crippen MR) is 119 cm³/mol. The molecule has 1 N–H and O–H groups in total. The average molecular weight is 415 g/mol. The van der Waals surface area contributed by atoms with Crippen LogP contribution in [0.3, 0.4) is 0 Å². The number of benzene rings is 1. The van der Waals surface area contributed by atoms with Gasteiger partial charge in [0.25, 0.3) is 5.91 Å². The number of likely N-dealkylation sites (N-methyl/N-ethyl adjacent to an activating group) is 1. The second-order valence-electron chi connectivity index (χ2n) is 9.84. The van der Waals surface area contributed by atoms with E-state index in [0.717, 1.165) is 88.7 Å². The lowest BCUT2D eigenvalue weighted by molar-refractivity contribution is 0.0336. The van der Waals surface area contributed by atoms with Crippen molar-refractivity contribution >= 4 is 5.91 Å². The van der Waals surface area contributed by atoms with Gasteiger partial charge in [-0.2, -0.15) is 0 Å². The third kappa shape index (κ3) is 4.74. The zero-order chi connectivity index (χ0) is 21.1. The zero-order valence-electron chi connectivity index (χ0n) is 18.7. The topological polar surface area (TPSA) is 53.0 Å². The fraction of sp³-hybridized carbons (Fsp3) is 0.720. The van der Waals surface area contributed by atoms with E-state index in [-0.39, 0.29) is 17.4 Å². The summed E-state index contributed by atoms with van der Waals surface area (Å²) < 4.78 is 6.25. The van der Waals surface area contributed by atoms with Crippen LogP contribution in [0.2, 0.25) is 0 Å². The SMILES string of the molecule is CCc1ccccc1C(=O)N1CCC2(CC1)CO[C@H](CN(C)C1CCC(O)CC1)C2. The summed E-state index contributed by atoms with van der Waals surface area (Å²) in [5.41, 5.74) is 2.26. The second-order valence-corrected chi connectivity index (χ2v) is 9.84. The third-order valence-electron chi connectivity index (χ3n) is 7.81. The van der Waals surface area contributed by atoms with E-state index in [4.69, 9.17) is 4.74 Å². The first-order valence-electron chi connectivity index (χ1n) is 11.9. The van der Waals surface area contributed by atoms with Gasteiger partial charge in [0.15, 0.2) is 0 Å². The molecule has 2 aliphatic heterocycles. The predicted octanol–water partition coefficient (Wildman–Crippen LogP) is 3.50. The highest BCUT2D eigenvalue weighted by Gasteiger charge is 2.43. The smallest absolute Gasteiger partial charge is 0.254 e. The normalized spacial score (nSPS) is 28.9. The molecule has 0 aromatic heterocycles. The van der Waals surface area contributed by atoms with Gasteiger partial charge in [0, 0.05) is 31.2 Å². The standard InChI is InChI=1S/C25H38N2O3/c1-3-19-6-4-5-7-23(19)24(29)27-14-12-25(13-15-27)16-22(30-18-25)17-26(2)20-8-10-21(28)11-9-20/h4-7,20-22,28H,3,8-18H2,1-2H3/t20?,21?,22-/m0/s1. The van der Waals surface area contributed by atoms with Crippen molar-refractivity contribution in [3.63, 3.8) is 0 Å². The summed E-state index contributed by atoms with van der Waals surface area (Å²) in [4.78, 5) is 17.6. The van der Waals surface area contributed by atoms with E-state index in [1.165, 1.54) is 0 Å². The van der Waals surface area contributed by atoms with Gasteiger partial charge in [0.1, 0.15) is 0 Å². The minimum Gasteiger partial charge on any atom is -0.393 e. The molecule has 1 atom stereocenters. The van der Waals surface area contributed by atoms with Gasteiger partial charge in [0.05, 0.1) is 18.8 Å². The summed E-state index contributed by atoms with van der Waals surface area (Å²) in [7, 11) is 2.21. The number of aryl methyl sites for hydroxylation is 1. The number of carbonyl (C=O) groups excluding carboxylic acids is 1. The third-order valence-corrected chi connectivity index (χ3v) is 7.81. The van der Waals surface area contributed by atoms with Crippen LogP contribution in [0, 0.1) is 5.41 Å². The van der Waals surface area contributed by atoms with Gasteiger partial charge in [-0.15, -0.1) is 0 Å². The second kappa shape index (κ2) is 9.37. The Morgan fingerprint density at radius 3 is 2.60 bits per heavy atom. The number of rotatable bonds is 5.